The van der Waals surface area contributed by atoms with Crippen LogP contribution in [0.4, 0.5) is 0 Å². The number of sulfone groups is 1. The van der Waals surface area contributed by atoms with Crippen molar-refractivity contribution >= 4 is 20.9 Å². The molecule has 0 N–H and O–H groups in total. The van der Waals surface area contributed by atoms with Crippen LogP contribution >= 0.6 is 0 Å². The van der Waals surface area contributed by atoms with Crippen LogP contribution in [0.3, 0.4) is 0 Å². The van der Waals surface area contributed by atoms with Gasteiger partial charge in [0.05, 0.1) is 15.9 Å². The number of piperidine rings is 2. The Morgan fingerprint density at radius 1 is 0.921 bits per heavy atom. The molecule has 4 heterocycles. The van der Waals surface area contributed by atoms with Gasteiger partial charge in [0.2, 0.25) is 0 Å². The van der Waals surface area contributed by atoms with Crippen LogP contribution in [0, 0.1) is 6.92 Å². The Labute approximate surface area is 228 Å². The maximum absolute atomic E-state index is 11.9. The molecule has 7 heteroatoms. The highest BCUT2D eigenvalue weighted by atomic mass is 32.2. The molecule has 2 atom stereocenters. The molecule has 204 valence electrons. The van der Waals surface area contributed by atoms with Gasteiger partial charge in [0.15, 0.2) is 9.84 Å². The van der Waals surface area contributed by atoms with Crippen LogP contribution in [0.1, 0.15) is 69.4 Å². The lowest BCUT2D eigenvalue weighted by molar-refractivity contribution is 0.0298. The molecule has 3 aliphatic rings. The normalized spacial score (nSPS) is 25.6. The third-order valence-electron chi connectivity index (χ3n) is 9.62. The van der Waals surface area contributed by atoms with Gasteiger partial charge in [0.1, 0.15) is 5.82 Å². The van der Waals surface area contributed by atoms with E-state index in [1.54, 1.807) is 12.1 Å². The molecular weight excluding hydrogens is 492 g/mol. The first kappa shape index (κ1) is 26.0. The Morgan fingerprint density at radius 3 is 2.13 bits per heavy atom. The second-order valence-electron chi connectivity index (χ2n) is 12.4. The summed E-state index contributed by atoms with van der Waals surface area (Å²) in [5.74, 6) is 1.46. The molecular formula is C31H42N4O2S. The third kappa shape index (κ3) is 4.61. The minimum Gasteiger partial charge on any atom is -0.327 e. The van der Waals surface area contributed by atoms with E-state index >= 15 is 0 Å². The summed E-state index contributed by atoms with van der Waals surface area (Å²) < 4.78 is 25.9. The number of aryl methyl sites for hydroxylation is 2. The van der Waals surface area contributed by atoms with E-state index in [2.05, 4.69) is 54.3 Å². The zero-order valence-electron chi connectivity index (χ0n) is 23.5. The Balaban J connectivity index is 1.18. The summed E-state index contributed by atoms with van der Waals surface area (Å²) in [5.41, 5.74) is 5.77. The predicted octanol–water partition coefficient (Wildman–Crippen LogP) is 5.54. The fourth-order valence-corrected chi connectivity index (χ4v) is 8.38. The molecule has 6 rings (SSSR count). The monoisotopic (exact) mass is 534 g/mol. The molecule has 2 aromatic carbocycles. The summed E-state index contributed by atoms with van der Waals surface area (Å²) in [5, 5.41) is 0. The first-order valence-electron chi connectivity index (χ1n) is 14.4. The van der Waals surface area contributed by atoms with Crippen LogP contribution in [0.25, 0.3) is 22.4 Å². The minimum atomic E-state index is -3.21. The first-order valence-corrected chi connectivity index (χ1v) is 16.3. The molecule has 38 heavy (non-hydrogen) atoms. The zero-order valence-corrected chi connectivity index (χ0v) is 24.3. The average Bonchev–Trinajstić information content (AvgIpc) is 3.37. The van der Waals surface area contributed by atoms with Gasteiger partial charge in [-0.05, 0) is 120 Å². The van der Waals surface area contributed by atoms with Gasteiger partial charge in [-0.3, -0.25) is 4.90 Å². The Hall–Kier alpha value is -2.22. The molecule has 0 radical (unpaired) electrons. The number of aromatic nitrogens is 2. The molecule has 0 spiro atoms. The van der Waals surface area contributed by atoms with Crippen molar-refractivity contribution in [2.45, 2.75) is 94.3 Å². The molecule has 2 bridgehead atoms. The number of hydrogen-bond acceptors (Lipinski definition) is 5. The molecule has 0 saturated carbocycles. The number of likely N-dealkylation sites (tertiary alicyclic amines) is 1. The number of benzene rings is 2. The van der Waals surface area contributed by atoms with Gasteiger partial charge in [0, 0.05) is 43.0 Å². The average molecular weight is 535 g/mol. The first-order chi connectivity index (χ1) is 18.1. The van der Waals surface area contributed by atoms with Gasteiger partial charge in [-0.2, -0.15) is 0 Å². The van der Waals surface area contributed by atoms with Crippen molar-refractivity contribution in [3.63, 3.8) is 0 Å². The van der Waals surface area contributed by atoms with Crippen LogP contribution in [0.15, 0.2) is 41.3 Å². The summed E-state index contributed by atoms with van der Waals surface area (Å²) in [6.07, 6.45) is 9.18. The van der Waals surface area contributed by atoms with Crippen molar-refractivity contribution in [2.75, 3.05) is 19.3 Å². The van der Waals surface area contributed by atoms with Crippen molar-refractivity contribution in [1.29, 1.82) is 0 Å². The largest absolute Gasteiger partial charge is 0.327 e. The number of imidazole rings is 1. The van der Waals surface area contributed by atoms with Gasteiger partial charge in [0.25, 0.3) is 0 Å². The van der Waals surface area contributed by atoms with Crippen molar-refractivity contribution in [3.05, 3.63) is 47.5 Å². The molecule has 2 unspecified atom stereocenters. The lowest BCUT2D eigenvalue weighted by Crippen LogP contribution is -2.53. The summed E-state index contributed by atoms with van der Waals surface area (Å²) in [4.78, 5) is 10.9. The lowest BCUT2D eigenvalue weighted by atomic mass is 9.86. The predicted molar refractivity (Wildman–Crippen MR) is 154 cm³/mol. The van der Waals surface area contributed by atoms with Gasteiger partial charge in [-0.1, -0.05) is 6.07 Å². The molecule has 3 aliphatic heterocycles. The Morgan fingerprint density at radius 2 is 1.55 bits per heavy atom. The molecule has 0 amide bonds. The maximum Gasteiger partial charge on any atom is 0.175 e. The fourth-order valence-electron chi connectivity index (χ4n) is 7.75. The third-order valence-corrected chi connectivity index (χ3v) is 10.7. The quantitative estimate of drug-likeness (QED) is 0.431. The minimum absolute atomic E-state index is 0.336. The van der Waals surface area contributed by atoms with Gasteiger partial charge in [-0.15, -0.1) is 0 Å². The van der Waals surface area contributed by atoms with E-state index in [-0.39, 0.29) is 0 Å². The van der Waals surface area contributed by atoms with Crippen molar-refractivity contribution < 1.29 is 8.42 Å². The van der Waals surface area contributed by atoms with Crippen molar-refractivity contribution in [3.8, 4) is 11.4 Å². The lowest BCUT2D eigenvalue weighted by Gasteiger charge is -2.46. The Kier molecular flexibility index (Phi) is 6.68. The summed E-state index contributed by atoms with van der Waals surface area (Å²) in [6, 6.07) is 14.8. The topological polar surface area (TPSA) is 58.4 Å². The molecule has 1 aromatic heterocycles. The number of nitrogens with zero attached hydrogens (tertiary/aromatic N) is 4. The van der Waals surface area contributed by atoms with E-state index in [0.717, 1.165) is 40.5 Å². The van der Waals surface area contributed by atoms with Gasteiger partial charge in [-0.25, -0.2) is 13.4 Å². The standard InChI is InChI=1S/C31H42N4O2S/c1-20(2)35-25-8-9-26(35)19-27(18-25)34-14-12-22(13-15-34)24-16-21(3)30-29(17-24)33(4)31(32-30)23-6-10-28(11-7-23)38(5,36)37/h6-7,10-11,16-17,20,22,25-27H,8-9,12-15,18-19H2,1-5H3. The fraction of sp³-hybridized carbons (Fsp3) is 0.581. The number of fused-ring (bicyclic) bond motifs is 3. The van der Waals surface area contributed by atoms with Crippen molar-refractivity contribution in [2.24, 2.45) is 7.05 Å². The highest BCUT2D eigenvalue weighted by Gasteiger charge is 2.43. The molecule has 3 saturated heterocycles. The van der Waals surface area contributed by atoms with Crippen molar-refractivity contribution in [1.82, 2.24) is 19.4 Å². The highest BCUT2D eigenvalue weighted by molar-refractivity contribution is 7.90. The maximum atomic E-state index is 11.9. The van der Waals surface area contributed by atoms with Crippen LogP contribution in [0.2, 0.25) is 0 Å². The molecule has 3 fully saturated rings. The van der Waals surface area contributed by atoms with Crippen LogP contribution < -0.4 is 0 Å². The summed E-state index contributed by atoms with van der Waals surface area (Å²) >= 11 is 0. The Bertz CT molecular complexity index is 1420. The highest BCUT2D eigenvalue weighted by Crippen LogP contribution is 2.41. The second kappa shape index (κ2) is 9.76. The van der Waals surface area contributed by atoms with Gasteiger partial charge < -0.3 is 9.47 Å². The SMILES string of the molecule is Cc1cc(C2CCN(C3CC4CCC(C3)N4C(C)C)CC2)cc2c1nc(-c1ccc(S(C)(=O)=O)cc1)n2C. The van der Waals surface area contributed by atoms with Crippen LogP contribution in [-0.4, -0.2) is 71.3 Å². The number of rotatable bonds is 5. The second-order valence-corrected chi connectivity index (χ2v) is 14.4. The van der Waals surface area contributed by atoms with E-state index in [4.69, 9.17) is 4.98 Å². The molecule has 6 nitrogen and oxygen atoms in total. The van der Waals surface area contributed by atoms with E-state index in [1.165, 1.54) is 69.0 Å². The molecule has 0 aliphatic carbocycles. The summed E-state index contributed by atoms with van der Waals surface area (Å²) in [6.45, 7) is 9.32. The zero-order chi connectivity index (χ0) is 26.8. The van der Waals surface area contributed by atoms with Crippen LogP contribution in [-0.2, 0) is 16.9 Å². The van der Waals surface area contributed by atoms with Crippen LogP contribution in [0.5, 0.6) is 0 Å². The van der Waals surface area contributed by atoms with E-state index < -0.39 is 9.84 Å². The van der Waals surface area contributed by atoms with E-state index in [9.17, 15) is 8.42 Å². The summed E-state index contributed by atoms with van der Waals surface area (Å²) in [7, 11) is -1.15. The molecule has 3 aromatic rings. The smallest absolute Gasteiger partial charge is 0.175 e. The van der Waals surface area contributed by atoms with E-state index in [1.807, 2.05) is 12.1 Å². The van der Waals surface area contributed by atoms with E-state index in [0.29, 0.717) is 16.9 Å². The van der Waals surface area contributed by atoms with Gasteiger partial charge >= 0.3 is 0 Å². The number of hydrogen-bond donors (Lipinski definition) is 0.